The summed E-state index contributed by atoms with van der Waals surface area (Å²) in [6.45, 7) is 6.70. The van der Waals surface area contributed by atoms with Gasteiger partial charge in [-0.3, -0.25) is 0 Å². The van der Waals surface area contributed by atoms with Gasteiger partial charge in [0, 0.05) is 0 Å². The Hall–Kier alpha value is -2.18. The fourth-order valence-corrected chi connectivity index (χ4v) is 9.98. The molecule has 0 saturated carbocycles. The normalized spacial score (nSPS) is 12.0. The first kappa shape index (κ1) is 31.4. The molecule has 0 heterocycles. The van der Waals surface area contributed by atoms with Crippen LogP contribution in [-0.2, 0) is 14.6 Å². The topological polar surface area (TPSA) is 38.7 Å². The van der Waals surface area contributed by atoms with Gasteiger partial charge in [-0.2, -0.15) is 0 Å². The number of unbranched alkanes of at least 4 members (excludes halogenated alkanes) is 6. The maximum Gasteiger partial charge on any atom is 0.626 e. The van der Waals surface area contributed by atoms with E-state index in [0.717, 1.165) is 68.2 Å². The minimum Gasteiger partial charge on any atom is -0.424 e. The lowest BCUT2D eigenvalue weighted by Crippen LogP contribution is -2.56. The van der Waals surface area contributed by atoms with Crippen LogP contribution in [-0.4, -0.2) is 20.7 Å². The molecule has 3 rings (SSSR count). The summed E-state index contributed by atoms with van der Waals surface area (Å²) < 4.78 is 13.7. The van der Waals surface area contributed by atoms with E-state index in [0.29, 0.717) is 0 Å². The summed E-state index contributed by atoms with van der Waals surface area (Å²) in [5.74, 6) is 0. The molecule has 0 aliphatic carbocycles. The zero-order chi connectivity index (χ0) is 27.8. The molecule has 0 unspecified atom stereocenters. The predicted octanol–water partition coefficient (Wildman–Crippen LogP) is 8.75. The van der Waals surface area contributed by atoms with Gasteiger partial charge in [0.1, 0.15) is 5.60 Å². The molecule has 3 nitrogen and oxygen atoms in total. The summed E-state index contributed by atoms with van der Waals surface area (Å²) in [5.41, 5.74) is 1.33. The van der Waals surface area contributed by atoms with Crippen LogP contribution in [0.2, 0.25) is 12.1 Å². The maximum atomic E-state index is 11.7. The number of benzene rings is 3. The fraction of sp³-hybridized carbons (Fsp3) is 0.471. The van der Waals surface area contributed by atoms with Gasteiger partial charge in [-0.1, -0.05) is 163 Å². The molecule has 1 N–H and O–H groups in total. The zero-order valence-electron chi connectivity index (χ0n) is 24.5. The summed E-state index contributed by atoms with van der Waals surface area (Å²) in [4.78, 5) is 0. The van der Waals surface area contributed by atoms with E-state index < -0.39 is 21.2 Å². The van der Waals surface area contributed by atoms with E-state index in [4.69, 9.17) is 9.00 Å². The van der Waals surface area contributed by atoms with Crippen molar-refractivity contribution in [3.05, 3.63) is 102 Å². The van der Waals surface area contributed by atoms with E-state index in [1.165, 1.54) is 24.4 Å². The van der Waals surface area contributed by atoms with Gasteiger partial charge in [-0.25, -0.2) is 0 Å². The molecule has 39 heavy (non-hydrogen) atoms. The molecule has 0 aliphatic rings. The van der Waals surface area contributed by atoms with Crippen LogP contribution in [0.1, 0.15) is 96.1 Å². The lowest BCUT2D eigenvalue weighted by Gasteiger charge is -2.39. The highest BCUT2D eigenvalue weighted by Gasteiger charge is 2.45. The Bertz CT molecular complexity index is 985. The largest absolute Gasteiger partial charge is 0.626 e. The Kier molecular flexibility index (Phi) is 13.5. The number of hydrogen-bond donors (Lipinski definition) is 1. The van der Waals surface area contributed by atoms with E-state index in [1.54, 1.807) is 0 Å². The first-order valence-electron chi connectivity index (χ1n) is 15.3. The third-order valence-electron chi connectivity index (χ3n) is 7.91. The molecule has 0 fully saturated rings. The van der Waals surface area contributed by atoms with Crippen molar-refractivity contribution in [1.29, 1.82) is 0 Å². The van der Waals surface area contributed by atoms with Crippen LogP contribution >= 0.6 is 0 Å². The van der Waals surface area contributed by atoms with Gasteiger partial charge in [-0.05, 0) is 41.2 Å². The van der Waals surface area contributed by atoms with Crippen molar-refractivity contribution in [2.45, 2.75) is 103 Å². The molecule has 0 amide bonds. The van der Waals surface area contributed by atoms with Crippen molar-refractivity contribution < 1.29 is 14.0 Å². The van der Waals surface area contributed by atoms with Crippen LogP contribution in [0.5, 0.6) is 0 Å². The molecule has 3 aromatic carbocycles. The Labute approximate surface area is 239 Å². The molecule has 0 aromatic heterocycles. The first-order chi connectivity index (χ1) is 19.1. The Balaban J connectivity index is 2.00. The highest BCUT2D eigenvalue weighted by atomic mass is 28.4. The molecular formula is C34H49BO3Si. The summed E-state index contributed by atoms with van der Waals surface area (Å²) in [6.07, 6.45) is 11.0. The van der Waals surface area contributed by atoms with Crippen LogP contribution in [0, 0.1) is 0 Å². The second-order valence-corrected chi connectivity index (χ2v) is 14.6. The SMILES string of the molecule is CCCCCCCC(OB(O)O[Si](CCCC)(CCCC)c1ccccc1)(c1ccccc1)c1ccccc1. The van der Waals surface area contributed by atoms with Gasteiger partial charge in [0.15, 0.2) is 0 Å². The van der Waals surface area contributed by atoms with E-state index in [2.05, 4.69) is 99.6 Å². The van der Waals surface area contributed by atoms with Crippen LogP contribution in [0.3, 0.4) is 0 Å². The smallest absolute Gasteiger partial charge is 0.424 e. The Morgan fingerprint density at radius 2 is 1.08 bits per heavy atom. The van der Waals surface area contributed by atoms with Crippen molar-refractivity contribution in [3.8, 4) is 0 Å². The van der Waals surface area contributed by atoms with Gasteiger partial charge in [-0.15, -0.1) is 0 Å². The molecule has 0 saturated heterocycles. The standard InChI is InChI=1S/C34H49BO3Si/c1-4-7-10-11-21-28-34(31-22-15-12-16-23-31,32-24-17-13-18-25-32)37-35(36)38-39(29-8-5-2,30-9-6-3)33-26-19-14-20-27-33/h12-20,22-27,36H,4-11,21,28-30H2,1-3H3. The molecule has 0 radical (unpaired) electrons. The quantitative estimate of drug-likeness (QED) is 0.121. The lowest BCUT2D eigenvalue weighted by molar-refractivity contribution is 0.0424. The van der Waals surface area contributed by atoms with Crippen LogP contribution in [0.4, 0.5) is 0 Å². The summed E-state index contributed by atoms with van der Waals surface area (Å²) in [7, 11) is -3.82. The van der Waals surface area contributed by atoms with E-state index in [9.17, 15) is 5.02 Å². The molecule has 210 valence electrons. The third kappa shape index (κ3) is 8.91. The molecule has 0 aliphatic heterocycles. The Morgan fingerprint density at radius 1 is 0.615 bits per heavy atom. The minimum atomic E-state index is -2.50. The van der Waals surface area contributed by atoms with Gasteiger partial charge >= 0.3 is 7.32 Å². The molecule has 5 heteroatoms. The van der Waals surface area contributed by atoms with Crippen molar-refractivity contribution in [2.75, 3.05) is 0 Å². The first-order valence-corrected chi connectivity index (χ1v) is 17.6. The van der Waals surface area contributed by atoms with Gasteiger partial charge < -0.3 is 14.0 Å². The molecule has 0 bridgehead atoms. The van der Waals surface area contributed by atoms with E-state index >= 15 is 0 Å². The molecule has 0 spiro atoms. The van der Waals surface area contributed by atoms with Crippen molar-refractivity contribution in [1.82, 2.24) is 0 Å². The molecular weight excluding hydrogens is 495 g/mol. The Morgan fingerprint density at radius 3 is 1.56 bits per heavy atom. The fourth-order valence-electron chi connectivity index (χ4n) is 5.70. The maximum absolute atomic E-state index is 11.7. The van der Waals surface area contributed by atoms with Gasteiger partial charge in [0.2, 0.25) is 8.32 Å². The average Bonchev–Trinajstić information content (AvgIpc) is 2.99. The van der Waals surface area contributed by atoms with E-state index in [-0.39, 0.29) is 0 Å². The summed E-state index contributed by atoms with van der Waals surface area (Å²) >= 11 is 0. The highest BCUT2D eigenvalue weighted by molar-refractivity contribution is 6.89. The van der Waals surface area contributed by atoms with E-state index in [1.807, 2.05) is 12.1 Å². The molecule has 0 atom stereocenters. The van der Waals surface area contributed by atoms with Crippen molar-refractivity contribution in [3.63, 3.8) is 0 Å². The zero-order valence-corrected chi connectivity index (χ0v) is 25.5. The van der Waals surface area contributed by atoms with Crippen LogP contribution in [0.15, 0.2) is 91.0 Å². The van der Waals surface area contributed by atoms with Crippen LogP contribution in [0.25, 0.3) is 0 Å². The monoisotopic (exact) mass is 544 g/mol. The minimum absolute atomic E-state index is 0.787. The number of hydrogen-bond acceptors (Lipinski definition) is 3. The second kappa shape index (κ2) is 16.8. The van der Waals surface area contributed by atoms with Gasteiger partial charge in [0.25, 0.3) is 0 Å². The van der Waals surface area contributed by atoms with Gasteiger partial charge in [0.05, 0.1) is 0 Å². The van der Waals surface area contributed by atoms with Crippen LogP contribution < -0.4 is 5.19 Å². The molecule has 3 aromatic rings. The third-order valence-corrected chi connectivity index (χ3v) is 12.3. The predicted molar refractivity (Wildman–Crippen MR) is 168 cm³/mol. The lowest BCUT2D eigenvalue weighted by atomic mass is 9.80. The summed E-state index contributed by atoms with van der Waals surface area (Å²) in [5, 5.41) is 13.0. The highest BCUT2D eigenvalue weighted by Crippen LogP contribution is 2.40. The average molecular weight is 545 g/mol. The second-order valence-electron chi connectivity index (χ2n) is 10.8. The summed E-state index contributed by atoms with van der Waals surface area (Å²) in [6, 6.07) is 33.4. The number of rotatable bonds is 19. The van der Waals surface area contributed by atoms with Crippen molar-refractivity contribution in [2.24, 2.45) is 0 Å². The van der Waals surface area contributed by atoms with Crippen molar-refractivity contribution >= 4 is 20.8 Å².